The maximum absolute atomic E-state index is 12.6. The molecule has 0 unspecified atom stereocenters. The van der Waals surface area contributed by atoms with E-state index >= 15 is 0 Å². The van der Waals surface area contributed by atoms with E-state index in [-0.39, 0.29) is 0 Å². The molecule has 2 aromatic heterocycles. The first kappa shape index (κ1) is 17.0. The van der Waals surface area contributed by atoms with Crippen LogP contribution in [0.25, 0.3) is 10.9 Å². The van der Waals surface area contributed by atoms with Gasteiger partial charge in [0.25, 0.3) is 10.0 Å². The lowest BCUT2D eigenvalue weighted by Crippen LogP contribution is -2.48. The van der Waals surface area contributed by atoms with Crippen LogP contribution in [0.15, 0.2) is 40.7 Å². The van der Waals surface area contributed by atoms with Crippen molar-refractivity contribution in [3.05, 3.63) is 46.4 Å². The summed E-state index contributed by atoms with van der Waals surface area (Å²) >= 11 is 6.98. The highest BCUT2D eigenvalue weighted by Crippen LogP contribution is 2.28. The zero-order chi connectivity index (χ0) is 17.4. The molecule has 0 amide bonds. The highest BCUT2D eigenvalue weighted by Gasteiger charge is 2.29. The summed E-state index contributed by atoms with van der Waals surface area (Å²) in [7, 11) is -3.43. The molecule has 9 heteroatoms. The monoisotopic (exact) mass is 396 g/mol. The number of nitrogens with zero attached hydrogens (tertiary/aromatic N) is 3. The first-order chi connectivity index (χ1) is 12.0. The van der Waals surface area contributed by atoms with E-state index in [1.807, 2.05) is 0 Å². The second-order valence-corrected chi connectivity index (χ2v) is 9.91. The molecule has 0 spiro atoms. The molecule has 0 aliphatic carbocycles. The molecular formula is C16H17ClN4O2S2. The minimum atomic E-state index is -3.43. The van der Waals surface area contributed by atoms with Crippen molar-refractivity contribution >= 4 is 43.9 Å². The Balaban J connectivity index is 1.41. The predicted molar refractivity (Wildman–Crippen MR) is 99.5 cm³/mol. The van der Waals surface area contributed by atoms with Crippen LogP contribution in [-0.2, 0) is 16.6 Å². The van der Waals surface area contributed by atoms with Crippen LogP contribution in [0.4, 0.5) is 0 Å². The standard InChI is InChI=1S/C16H17ClN4O2S2/c17-15-3-4-16(24-15)25(22,23)21-7-5-20(6-8-21)11-12-1-2-13-10-18-19-14(13)9-12/h1-4,9-10H,5-8,11H2,(H,18,19). The number of aromatic nitrogens is 2. The van der Waals surface area contributed by atoms with Crippen molar-refractivity contribution in [1.29, 1.82) is 0 Å². The summed E-state index contributed by atoms with van der Waals surface area (Å²) in [5.41, 5.74) is 2.21. The first-order valence-electron chi connectivity index (χ1n) is 7.92. The number of halogens is 1. The number of thiophene rings is 1. The number of nitrogens with one attached hydrogen (secondary N) is 1. The third-order valence-corrected chi connectivity index (χ3v) is 7.98. The Morgan fingerprint density at radius 2 is 1.96 bits per heavy atom. The Hall–Kier alpha value is -1.45. The van der Waals surface area contributed by atoms with Crippen molar-refractivity contribution in [3.63, 3.8) is 0 Å². The van der Waals surface area contributed by atoms with Gasteiger partial charge in [0.2, 0.25) is 0 Å². The number of sulfonamides is 1. The van der Waals surface area contributed by atoms with Crippen molar-refractivity contribution in [3.8, 4) is 0 Å². The number of hydrogen-bond donors (Lipinski definition) is 1. The summed E-state index contributed by atoms with van der Waals surface area (Å²) in [6.45, 7) is 3.20. The van der Waals surface area contributed by atoms with E-state index in [1.54, 1.807) is 22.6 Å². The van der Waals surface area contributed by atoms with Gasteiger partial charge in [0.1, 0.15) is 4.21 Å². The van der Waals surface area contributed by atoms with Crippen molar-refractivity contribution in [2.75, 3.05) is 26.2 Å². The van der Waals surface area contributed by atoms with Crippen molar-refractivity contribution < 1.29 is 8.42 Å². The molecule has 1 N–H and O–H groups in total. The van der Waals surface area contributed by atoms with Crippen LogP contribution in [0, 0.1) is 0 Å². The fourth-order valence-corrected chi connectivity index (χ4v) is 6.09. The lowest BCUT2D eigenvalue weighted by atomic mass is 10.1. The third kappa shape index (κ3) is 3.45. The van der Waals surface area contributed by atoms with E-state index in [1.165, 1.54) is 5.56 Å². The maximum atomic E-state index is 12.6. The predicted octanol–water partition coefficient (Wildman–Crippen LogP) is 2.78. The third-order valence-electron chi connectivity index (χ3n) is 4.39. The Bertz CT molecular complexity index is 990. The van der Waals surface area contributed by atoms with E-state index in [9.17, 15) is 8.42 Å². The molecule has 3 aromatic rings. The molecule has 1 fully saturated rings. The molecular weight excluding hydrogens is 380 g/mol. The van der Waals surface area contributed by atoms with Gasteiger partial charge in [-0.1, -0.05) is 23.7 Å². The van der Waals surface area contributed by atoms with Crippen LogP contribution < -0.4 is 0 Å². The van der Waals surface area contributed by atoms with Gasteiger partial charge in [0.05, 0.1) is 16.0 Å². The smallest absolute Gasteiger partial charge is 0.252 e. The van der Waals surface area contributed by atoms with Gasteiger partial charge in [-0.2, -0.15) is 9.40 Å². The molecule has 132 valence electrons. The van der Waals surface area contributed by atoms with E-state index in [4.69, 9.17) is 11.6 Å². The largest absolute Gasteiger partial charge is 0.296 e. The molecule has 3 heterocycles. The zero-order valence-electron chi connectivity index (χ0n) is 13.4. The van der Waals surface area contributed by atoms with Gasteiger partial charge in [-0.3, -0.25) is 10.00 Å². The summed E-state index contributed by atoms with van der Waals surface area (Å²) < 4.78 is 27.6. The van der Waals surface area contributed by atoms with Crippen LogP contribution in [-0.4, -0.2) is 54.0 Å². The number of H-pyrrole nitrogens is 1. The first-order valence-corrected chi connectivity index (χ1v) is 10.6. The van der Waals surface area contributed by atoms with E-state index in [2.05, 4.69) is 33.3 Å². The number of piperazine rings is 1. The van der Waals surface area contributed by atoms with Gasteiger partial charge in [-0.15, -0.1) is 11.3 Å². The lowest BCUT2D eigenvalue weighted by Gasteiger charge is -2.33. The fraction of sp³-hybridized carbons (Fsp3) is 0.312. The normalized spacial score (nSPS) is 17.3. The van der Waals surface area contributed by atoms with Gasteiger partial charge < -0.3 is 0 Å². The Kier molecular flexibility index (Phi) is 4.55. The average molecular weight is 397 g/mol. The summed E-state index contributed by atoms with van der Waals surface area (Å²) in [6.07, 6.45) is 1.81. The molecule has 25 heavy (non-hydrogen) atoms. The SMILES string of the molecule is O=S(=O)(c1ccc(Cl)s1)N1CCN(Cc2ccc3cn[nH]c3c2)CC1. The molecule has 6 nitrogen and oxygen atoms in total. The molecule has 1 saturated heterocycles. The summed E-state index contributed by atoms with van der Waals surface area (Å²) in [6, 6.07) is 9.44. The number of benzene rings is 1. The second-order valence-electron chi connectivity index (χ2n) is 6.03. The topological polar surface area (TPSA) is 69.3 Å². The van der Waals surface area contributed by atoms with Gasteiger partial charge in [-0.05, 0) is 23.8 Å². The minimum Gasteiger partial charge on any atom is -0.296 e. The second kappa shape index (κ2) is 6.69. The maximum Gasteiger partial charge on any atom is 0.252 e. The number of hydrogen-bond acceptors (Lipinski definition) is 5. The minimum absolute atomic E-state index is 0.315. The molecule has 0 bridgehead atoms. The summed E-state index contributed by atoms with van der Waals surface area (Å²) in [5, 5.41) is 8.11. The van der Waals surface area contributed by atoms with Gasteiger partial charge in [0, 0.05) is 38.1 Å². The Morgan fingerprint density at radius 3 is 2.68 bits per heavy atom. The van der Waals surface area contributed by atoms with E-state index in [0.29, 0.717) is 34.7 Å². The average Bonchev–Trinajstić information content (AvgIpc) is 3.24. The molecule has 1 aromatic carbocycles. The van der Waals surface area contributed by atoms with E-state index < -0.39 is 10.0 Å². The quantitative estimate of drug-likeness (QED) is 0.736. The molecule has 0 radical (unpaired) electrons. The molecule has 4 rings (SSSR count). The van der Waals surface area contributed by atoms with Crippen molar-refractivity contribution in [1.82, 2.24) is 19.4 Å². The van der Waals surface area contributed by atoms with Crippen LogP contribution in [0.2, 0.25) is 4.34 Å². The molecule has 0 atom stereocenters. The van der Waals surface area contributed by atoms with E-state index in [0.717, 1.165) is 28.8 Å². The van der Waals surface area contributed by atoms with Crippen LogP contribution >= 0.6 is 22.9 Å². The number of rotatable bonds is 4. The zero-order valence-corrected chi connectivity index (χ0v) is 15.7. The highest BCUT2D eigenvalue weighted by molar-refractivity contribution is 7.91. The summed E-state index contributed by atoms with van der Waals surface area (Å²) in [5.74, 6) is 0. The van der Waals surface area contributed by atoms with Gasteiger partial charge in [-0.25, -0.2) is 8.42 Å². The molecule has 1 aliphatic rings. The van der Waals surface area contributed by atoms with Gasteiger partial charge in [0.15, 0.2) is 0 Å². The van der Waals surface area contributed by atoms with Crippen LogP contribution in [0.1, 0.15) is 5.56 Å². The number of fused-ring (bicyclic) bond motifs is 1. The molecule has 1 aliphatic heterocycles. The Labute approximate surface area is 155 Å². The van der Waals surface area contributed by atoms with Gasteiger partial charge >= 0.3 is 0 Å². The highest BCUT2D eigenvalue weighted by atomic mass is 35.5. The van der Waals surface area contributed by atoms with Crippen molar-refractivity contribution in [2.45, 2.75) is 10.8 Å². The van der Waals surface area contributed by atoms with Crippen LogP contribution in [0.3, 0.4) is 0 Å². The lowest BCUT2D eigenvalue weighted by molar-refractivity contribution is 0.182. The summed E-state index contributed by atoms with van der Waals surface area (Å²) in [4.78, 5) is 2.27. The Morgan fingerprint density at radius 1 is 1.16 bits per heavy atom. The molecule has 0 saturated carbocycles. The number of aromatic amines is 1. The van der Waals surface area contributed by atoms with Crippen LogP contribution in [0.5, 0.6) is 0 Å². The van der Waals surface area contributed by atoms with Crippen molar-refractivity contribution in [2.24, 2.45) is 0 Å². The fourth-order valence-electron chi connectivity index (χ4n) is 3.03.